The molecule has 1 aliphatic carbocycles. The number of aliphatic carboxylic acids is 1. The van der Waals surface area contributed by atoms with E-state index in [4.69, 9.17) is 14.5 Å². The molecule has 1 aromatic heterocycles. The predicted molar refractivity (Wildman–Crippen MR) is 133 cm³/mol. The van der Waals surface area contributed by atoms with Crippen LogP contribution in [0.15, 0.2) is 12.1 Å². The Kier molecular flexibility index (Phi) is 7.00. The van der Waals surface area contributed by atoms with Gasteiger partial charge in [0.25, 0.3) is 0 Å². The van der Waals surface area contributed by atoms with E-state index in [1.165, 1.54) is 7.11 Å². The van der Waals surface area contributed by atoms with Gasteiger partial charge in [0.1, 0.15) is 5.82 Å². The van der Waals surface area contributed by atoms with E-state index in [1.54, 1.807) is 4.90 Å². The topological polar surface area (TPSA) is 93.9 Å². The molecule has 8 nitrogen and oxygen atoms in total. The first-order valence-corrected chi connectivity index (χ1v) is 13.2. The highest BCUT2D eigenvalue weighted by Crippen LogP contribution is 2.40. The summed E-state index contributed by atoms with van der Waals surface area (Å²) in [6.45, 7) is 3.74. The summed E-state index contributed by atoms with van der Waals surface area (Å²) in [7, 11) is 1.43. The zero-order valence-corrected chi connectivity index (χ0v) is 20.9. The summed E-state index contributed by atoms with van der Waals surface area (Å²) < 4.78 is 13.0. The van der Waals surface area contributed by atoms with Gasteiger partial charge in [-0.05, 0) is 82.8 Å². The van der Waals surface area contributed by atoms with Crippen molar-refractivity contribution in [3.05, 3.63) is 23.5 Å². The molecule has 1 saturated heterocycles. The SMILES string of the molecule is COC(=O)N1c2ccc3c(nc(CCC4CCOCC4)n3C3CCC(C(=O)O)CC3)c2CC[C@@H]1C. The van der Waals surface area contributed by atoms with E-state index >= 15 is 0 Å². The third-order valence-electron chi connectivity index (χ3n) is 8.43. The number of aromatic nitrogens is 2. The second-order valence-corrected chi connectivity index (χ2v) is 10.5. The van der Waals surface area contributed by atoms with E-state index in [1.807, 2.05) is 6.07 Å². The maximum atomic E-state index is 12.6. The van der Waals surface area contributed by atoms with E-state index in [0.29, 0.717) is 18.8 Å². The molecule has 8 heteroatoms. The fourth-order valence-electron chi connectivity index (χ4n) is 6.36. The standard InChI is InChI=1S/C27H37N3O5/c1-17-3-9-21-22(29(17)27(33)34-2)10-11-23-25(21)28-24(12-4-18-13-15-35-16-14-18)30(23)20-7-5-19(6-8-20)26(31)32/h10-11,17-20H,3-9,12-16H2,1-2H3,(H,31,32)/t17-,19?,20?/m0/s1. The number of amides is 1. The van der Waals surface area contributed by atoms with Gasteiger partial charge in [-0.15, -0.1) is 0 Å². The molecule has 1 N–H and O–H groups in total. The molecule has 1 atom stereocenters. The van der Waals surface area contributed by atoms with Crippen LogP contribution in [-0.4, -0.2) is 53.1 Å². The molecule has 1 saturated carbocycles. The van der Waals surface area contributed by atoms with Gasteiger partial charge in [0, 0.05) is 37.3 Å². The number of anilines is 1. The number of benzene rings is 1. The predicted octanol–water partition coefficient (Wildman–Crippen LogP) is 5.12. The maximum Gasteiger partial charge on any atom is 0.414 e. The first-order valence-electron chi connectivity index (χ1n) is 13.2. The summed E-state index contributed by atoms with van der Waals surface area (Å²) in [6, 6.07) is 4.50. The number of carboxylic acid groups (broad SMARTS) is 1. The highest BCUT2D eigenvalue weighted by atomic mass is 16.5. The average molecular weight is 484 g/mol. The van der Waals surface area contributed by atoms with Crippen molar-refractivity contribution in [2.75, 3.05) is 25.2 Å². The third kappa shape index (κ3) is 4.65. The smallest absolute Gasteiger partial charge is 0.414 e. The van der Waals surface area contributed by atoms with Crippen LogP contribution in [0, 0.1) is 11.8 Å². The number of rotatable bonds is 5. The van der Waals surface area contributed by atoms with Gasteiger partial charge in [-0.2, -0.15) is 0 Å². The van der Waals surface area contributed by atoms with Gasteiger partial charge in [-0.25, -0.2) is 9.78 Å². The fraction of sp³-hybridized carbons (Fsp3) is 0.667. The van der Waals surface area contributed by atoms with E-state index < -0.39 is 5.97 Å². The summed E-state index contributed by atoms with van der Waals surface area (Å²) in [5.41, 5.74) is 4.13. The summed E-state index contributed by atoms with van der Waals surface area (Å²) in [6.07, 6.45) is 8.74. The van der Waals surface area contributed by atoms with Gasteiger partial charge in [-0.1, -0.05) is 0 Å². The van der Waals surface area contributed by atoms with Gasteiger partial charge >= 0.3 is 12.1 Å². The van der Waals surface area contributed by atoms with Crippen LogP contribution in [0.2, 0.25) is 0 Å². The van der Waals surface area contributed by atoms with Crippen LogP contribution in [-0.2, 0) is 27.1 Å². The van der Waals surface area contributed by atoms with Crippen LogP contribution < -0.4 is 4.90 Å². The number of methoxy groups -OCH3 is 1. The number of fused-ring (bicyclic) bond motifs is 3. The van der Waals surface area contributed by atoms with Gasteiger partial charge in [0.2, 0.25) is 0 Å². The van der Waals surface area contributed by atoms with Crippen LogP contribution in [0.3, 0.4) is 0 Å². The minimum atomic E-state index is -0.676. The van der Waals surface area contributed by atoms with Gasteiger partial charge in [0.05, 0.1) is 29.7 Å². The largest absolute Gasteiger partial charge is 0.481 e. The molecular weight excluding hydrogens is 446 g/mol. The molecule has 5 rings (SSSR count). The molecule has 0 unspecified atom stereocenters. The number of ether oxygens (including phenoxy) is 2. The van der Waals surface area contributed by atoms with Crippen molar-refractivity contribution in [3.8, 4) is 0 Å². The highest BCUT2D eigenvalue weighted by Gasteiger charge is 2.33. The van der Waals surface area contributed by atoms with E-state index in [0.717, 1.165) is 92.7 Å². The Bertz CT molecular complexity index is 1080. The third-order valence-corrected chi connectivity index (χ3v) is 8.43. The quantitative estimate of drug-likeness (QED) is 0.634. The molecule has 2 fully saturated rings. The molecule has 3 aliphatic rings. The van der Waals surface area contributed by atoms with E-state index in [-0.39, 0.29) is 24.1 Å². The van der Waals surface area contributed by atoms with Gasteiger partial charge < -0.3 is 19.1 Å². The maximum absolute atomic E-state index is 12.6. The van der Waals surface area contributed by atoms with Gasteiger partial charge in [-0.3, -0.25) is 9.69 Å². The Hall–Kier alpha value is -2.61. The van der Waals surface area contributed by atoms with Crippen molar-refractivity contribution in [1.82, 2.24) is 9.55 Å². The van der Waals surface area contributed by atoms with Gasteiger partial charge in [0.15, 0.2) is 0 Å². The molecular formula is C27H37N3O5. The number of carboxylic acids is 1. The Morgan fingerprint density at radius 2 is 1.86 bits per heavy atom. The fourth-order valence-corrected chi connectivity index (χ4v) is 6.36. The summed E-state index contributed by atoms with van der Waals surface area (Å²) in [5.74, 6) is 0.839. The van der Waals surface area contributed by atoms with Crippen molar-refractivity contribution >= 4 is 28.8 Å². The number of aryl methyl sites for hydroxylation is 2. The first kappa shape index (κ1) is 24.1. The normalized spacial score (nSPS) is 25.4. The lowest BCUT2D eigenvalue weighted by Gasteiger charge is -2.34. The molecule has 2 aromatic rings. The Balaban J connectivity index is 1.52. The summed E-state index contributed by atoms with van der Waals surface area (Å²) in [5, 5.41) is 9.48. The summed E-state index contributed by atoms with van der Waals surface area (Å²) in [4.78, 5) is 31.1. The van der Waals surface area contributed by atoms with Crippen molar-refractivity contribution in [2.24, 2.45) is 11.8 Å². The summed E-state index contributed by atoms with van der Waals surface area (Å²) >= 11 is 0. The van der Waals surface area contributed by atoms with E-state index in [9.17, 15) is 14.7 Å². The lowest BCUT2D eigenvalue weighted by Crippen LogP contribution is -2.42. The zero-order valence-electron chi connectivity index (χ0n) is 20.9. The Morgan fingerprint density at radius 3 is 2.54 bits per heavy atom. The van der Waals surface area contributed by atoms with Crippen molar-refractivity contribution in [3.63, 3.8) is 0 Å². The van der Waals surface area contributed by atoms with Crippen molar-refractivity contribution in [1.29, 1.82) is 0 Å². The molecule has 0 radical (unpaired) electrons. The minimum Gasteiger partial charge on any atom is -0.481 e. The molecule has 2 aliphatic heterocycles. The highest BCUT2D eigenvalue weighted by molar-refractivity contribution is 5.95. The van der Waals surface area contributed by atoms with E-state index in [2.05, 4.69) is 17.6 Å². The monoisotopic (exact) mass is 483 g/mol. The lowest BCUT2D eigenvalue weighted by atomic mass is 9.85. The molecule has 35 heavy (non-hydrogen) atoms. The molecule has 0 spiro atoms. The molecule has 3 heterocycles. The van der Waals surface area contributed by atoms with Crippen LogP contribution >= 0.6 is 0 Å². The molecule has 0 bridgehead atoms. The number of carbonyl (C=O) groups is 2. The minimum absolute atomic E-state index is 0.0776. The Labute approximate surface area is 206 Å². The second-order valence-electron chi connectivity index (χ2n) is 10.5. The van der Waals surface area contributed by atoms with Crippen LogP contribution in [0.4, 0.5) is 10.5 Å². The average Bonchev–Trinajstić information content (AvgIpc) is 3.26. The number of imidazole rings is 1. The van der Waals surface area contributed by atoms with Crippen LogP contribution in [0.1, 0.15) is 75.7 Å². The Morgan fingerprint density at radius 1 is 1.11 bits per heavy atom. The molecule has 190 valence electrons. The first-order chi connectivity index (χ1) is 17.0. The molecule has 1 aromatic carbocycles. The second kappa shape index (κ2) is 10.2. The number of hydrogen-bond donors (Lipinski definition) is 1. The van der Waals surface area contributed by atoms with Crippen LogP contribution in [0.5, 0.6) is 0 Å². The van der Waals surface area contributed by atoms with Crippen molar-refractivity contribution < 1.29 is 24.2 Å². The van der Waals surface area contributed by atoms with Crippen LogP contribution in [0.25, 0.3) is 11.0 Å². The lowest BCUT2D eigenvalue weighted by molar-refractivity contribution is -0.143. The molecule has 1 amide bonds. The number of carbonyl (C=O) groups excluding carboxylic acids is 1. The van der Waals surface area contributed by atoms with Crippen molar-refractivity contribution in [2.45, 2.75) is 83.2 Å². The zero-order chi connectivity index (χ0) is 24.5. The number of nitrogens with zero attached hydrogens (tertiary/aromatic N) is 3. The number of hydrogen-bond acceptors (Lipinski definition) is 5.